The number of nitrogens with zero attached hydrogens (tertiary/aromatic N) is 1. The summed E-state index contributed by atoms with van der Waals surface area (Å²) >= 11 is 0. The molecule has 2 N–H and O–H groups in total. The summed E-state index contributed by atoms with van der Waals surface area (Å²) in [5.41, 5.74) is 0.839. The number of sulfonamides is 1. The first-order valence-electron chi connectivity index (χ1n) is 6.20. The van der Waals surface area contributed by atoms with Gasteiger partial charge in [-0.05, 0) is 44.5 Å². The maximum atomic E-state index is 11.9. The van der Waals surface area contributed by atoms with E-state index in [-0.39, 0.29) is 17.0 Å². The Labute approximate surface area is 115 Å². The summed E-state index contributed by atoms with van der Waals surface area (Å²) in [4.78, 5) is 0.270. The summed E-state index contributed by atoms with van der Waals surface area (Å²) in [6.45, 7) is 3.71. The smallest absolute Gasteiger partial charge is 0.242 e. The zero-order valence-electron chi connectivity index (χ0n) is 11.8. The molecule has 108 valence electrons. The van der Waals surface area contributed by atoms with E-state index in [9.17, 15) is 13.5 Å². The average molecular weight is 286 g/mol. The molecule has 0 heterocycles. The standard InChI is InChI=1S/C13H22N2O3S/c1-10(9-11(2)16)14-12-5-7-13(8-6-12)19(17,18)15(3)4/h5-8,10-11,14,16H,9H2,1-4H3. The fourth-order valence-electron chi connectivity index (χ4n) is 1.79. The second kappa shape index (κ2) is 6.36. The highest BCUT2D eigenvalue weighted by Crippen LogP contribution is 2.17. The molecule has 19 heavy (non-hydrogen) atoms. The number of nitrogens with one attached hydrogen (secondary N) is 1. The lowest BCUT2D eigenvalue weighted by atomic mass is 10.1. The maximum absolute atomic E-state index is 11.9. The van der Waals surface area contributed by atoms with Gasteiger partial charge in [0.15, 0.2) is 0 Å². The van der Waals surface area contributed by atoms with E-state index in [1.165, 1.54) is 18.4 Å². The van der Waals surface area contributed by atoms with Crippen LogP contribution in [0.1, 0.15) is 20.3 Å². The van der Waals surface area contributed by atoms with Crippen LogP contribution >= 0.6 is 0 Å². The van der Waals surface area contributed by atoms with Crippen LogP contribution in [-0.4, -0.2) is 44.1 Å². The van der Waals surface area contributed by atoms with Crippen molar-refractivity contribution < 1.29 is 13.5 Å². The number of anilines is 1. The third kappa shape index (κ3) is 4.49. The van der Waals surface area contributed by atoms with Gasteiger partial charge in [0.05, 0.1) is 11.0 Å². The minimum atomic E-state index is -3.38. The van der Waals surface area contributed by atoms with Gasteiger partial charge in [-0.3, -0.25) is 0 Å². The number of aliphatic hydroxyl groups excluding tert-OH is 1. The molecule has 0 aromatic heterocycles. The normalized spacial score (nSPS) is 15.3. The molecule has 0 saturated carbocycles. The lowest BCUT2D eigenvalue weighted by molar-refractivity contribution is 0.179. The van der Waals surface area contributed by atoms with Crippen LogP contribution in [0.2, 0.25) is 0 Å². The number of aliphatic hydroxyl groups is 1. The molecule has 1 aromatic carbocycles. The maximum Gasteiger partial charge on any atom is 0.242 e. The fraction of sp³-hybridized carbons (Fsp3) is 0.538. The van der Waals surface area contributed by atoms with Crippen molar-refractivity contribution in [2.45, 2.75) is 37.3 Å². The van der Waals surface area contributed by atoms with Crippen LogP contribution < -0.4 is 5.32 Å². The summed E-state index contributed by atoms with van der Waals surface area (Å²) in [5.74, 6) is 0. The van der Waals surface area contributed by atoms with Gasteiger partial charge < -0.3 is 10.4 Å². The van der Waals surface area contributed by atoms with Crippen LogP contribution in [-0.2, 0) is 10.0 Å². The molecule has 2 unspecified atom stereocenters. The van der Waals surface area contributed by atoms with E-state index >= 15 is 0 Å². The third-order valence-electron chi connectivity index (χ3n) is 2.74. The van der Waals surface area contributed by atoms with E-state index in [1.807, 2.05) is 6.92 Å². The van der Waals surface area contributed by atoms with Crippen LogP contribution in [0.3, 0.4) is 0 Å². The van der Waals surface area contributed by atoms with Gasteiger partial charge in [-0.25, -0.2) is 12.7 Å². The SMILES string of the molecule is CC(O)CC(C)Nc1ccc(S(=O)(=O)N(C)C)cc1. The van der Waals surface area contributed by atoms with E-state index in [4.69, 9.17) is 0 Å². The number of benzene rings is 1. The molecule has 6 heteroatoms. The zero-order chi connectivity index (χ0) is 14.6. The lowest BCUT2D eigenvalue weighted by Gasteiger charge is -2.17. The molecule has 5 nitrogen and oxygen atoms in total. The van der Waals surface area contributed by atoms with Gasteiger partial charge in [-0.1, -0.05) is 0 Å². The molecule has 0 amide bonds. The molecule has 2 atom stereocenters. The van der Waals surface area contributed by atoms with Gasteiger partial charge in [0, 0.05) is 25.8 Å². The molecule has 1 rings (SSSR count). The minimum absolute atomic E-state index is 0.122. The molecule has 0 aliphatic rings. The highest BCUT2D eigenvalue weighted by Gasteiger charge is 2.16. The molecular weight excluding hydrogens is 264 g/mol. The number of rotatable bonds is 6. The van der Waals surface area contributed by atoms with Crippen molar-refractivity contribution in [2.24, 2.45) is 0 Å². The predicted molar refractivity (Wildman–Crippen MR) is 76.7 cm³/mol. The first kappa shape index (κ1) is 15.9. The largest absolute Gasteiger partial charge is 0.393 e. The monoisotopic (exact) mass is 286 g/mol. The highest BCUT2D eigenvalue weighted by atomic mass is 32.2. The molecule has 0 radical (unpaired) electrons. The molecule has 0 spiro atoms. The molecule has 0 saturated heterocycles. The van der Waals surface area contributed by atoms with Crippen molar-refractivity contribution in [1.29, 1.82) is 0 Å². The predicted octanol–water partition coefficient (Wildman–Crippen LogP) is 1.51. The van der Waals surface area contributed by atoms with E-state index < -0.39 is 10.0 Å². The Morgan fingerprint density at radius 2 is 1.74 bits per heavy atom. The molecule has 0 bridgehead atoms. The van der Waals surface area contributed by atoms with Gasteiger partial charge >= 0.3 is 0 Å². The summed E-state index contributed by atoms with van der Waals surface area (Å²) in [5, 5.41) is 12.5. The van der Waals surface area contributed by atoms with Gasteiger partial charge in [-0.2, -0.15) is 0 Å². The number of hydrogen-bond acceptors (Lipinski definition) is 4. The van der Waals surface area contributed by atoms with Crippen LogP contribution in [0, 0.1) is 0 Å². The molecule has 1 aromatic rings. The topological polar surface area (TPSA) is 69.6 Å². The molecule has 0 aliphatic heterocycles. The van der Waals surface area contributed by atoms with Crippen molar-refractivity contribution >= 4 is 15.7 Å². The Bertz CT molecular complexity index is 495. The van der Waals surface area contributed by atoms with Gasteiger partial charge in [0.2, 0.25) is 10.0 Å². The van der Waals surface area contributed by atoms with E-state index in [0.29, 0.717) is 6.42 Å². The zero-order valence-corrected chi connectivity index (χ0v) is 12.6. The summed E-state index contributed by atoms with van der Waals surface area (Å²) < 4.78 is 25.0. The Balaban J connectivity index is 2.78. The first-order valence-corrected chi connectivity index (χ1v) is 7.64. The van der Waals surface area contributed by atoms with Crippen LogP contribution in [0.15, 0.2) is 29.2 Å². The average Bonchev–Trinajstić information content (AvgIpc) is 2.28. The van der Waals surface area contributed by atoms with Crippen LogP contribution in [0.25, 0.3) is 0 Å². The molecular formula is C13H22N2O3S. The van der Waals surface area contributed by atoms with Crippen molar-refractivity contribution in [2.75, 3.05) is 19.4 Å². The van der Waals surface area contributed by atoms with Crippen LogP contribution in [0.5, 0.6) is 0 Å². The summed E-state index contributed by atoms with van der Waals surface area (Å²) in [6.07, 6.45) is 0.272. The number of hydrogen-bond donors (Lipinski definition) is 2. The van der Waals surface area contributed by atoms with Gasteiger partial charge in [0.25, 0.3) is 0 Å². The van der Waals surface area contributed by atoms with Gasteiger partial charge in [0.1, 0.15) is 0 Å². The third-order valence-corrected chi connectivity index (χ3v) is 4.57. The summed E-state index contributed by atoms with van der Waals surface area (Å²) in [7, 11) is -0.363. The van der Waals surface area contributed by atoms with Crippen molar-refractivity contribution in [1.82, 2.24) is 4.31 Å². The van der Waals surface area contributed by atoms with Crippen molar-refractivity contribution in [3.63, 3.8) is 0 Å². The Morgan fingerprint density at radius 3 is 2.16 bits per heavy atom. The second-order valence-electron chi connectivity index (χ2n) is 4.94. The van der Waals surface area contributed by atoms with E-state index in [0.717, 1.165) is 5.69 Å². The minimum Gasteiger partial charge on any atom is -0.393 e. The van der Waals surface area contributed by atoms with E-state index in [1.54, 1.807) is 31.2 Å². The Hall–Kier alpha value is -1.11. The summed E-state index contributed by atoms with van der Waals surface area (Å²) in [6, 6.07) is 6.74. The molecule has 0 aliphatic carbocycles. The first-order chi connectivity index (χ1) is 8.73. The Morgan fingerprint density at radius 1 is 1.21 bits per heavy atom. The fourth-order valence-corrected chi connectivity index (χ4v) is 2.69. The van der Waals surface area contributed by atoms with E-state index in [2.05, 4.69) is 5.32 Å². The van der Waals surface area contributed by atoms with Crippen LogP contribution in [0.4, 0.5) is 5.69 Å². The lowest BCUT2D eigenvalue weighted by Crippen LogP contribution is -2.22. The van der Waals surface area contributed by atoms with Crippen molar-refractivity contribution in [3.05, 3.63) is 24.3 Å². The second-order valence-corrected chi connectivity index (χ2v) is 7.09. The van der Waals surface area contributed by atoms with Gasteiger partial charge in [-0.15, -0.1) is 0 Å². The highest BCUT2D eigenvalue weighted by molar-refractivity contribution is 7.89. The quantitative estimate of drug-likeness (QED) is 0.831. The Kier molecular flexibility index (Phi) is 5.34. The molecule has 0 fully saturated rings. The van der Waals surface area contributed by atoms with Crippen molar-refractivity contribution in [3.8, 4) is 0 Å².